The van der Waals surface area contributed by atoms with E-state index >= 15 is 0 Å². The van der Waals surface area contributed by atoms with E-state index in [-0.39, 0.29) is 18.3 Å². The second-order valence-electron chi connectivity index (χ2n) is 7.08. The van der Waals surface area contributed by atoms with Crippen molar-refractivity contribution in [1.82, 2.24) is 24.6 Å². The van der Waals surface area contributed by atoms with Gasteiger partial charge in [-0.1, -0.05) is 6.92 Å². The third kappa shape index (κ3) is 3.56. The predicted molar refractivity (Wildman–Crippen MR) is 105 cm³/mol. The first kappa shape index (κ1) is 18.7. The van der Waals surface area contributed by atoms with Crippen molar-refractivity contribution >= 4 is 17.2 Å². The minimum Gasteiger partial charge on any atom is -0.330 e. The Kier molecular flexibility index (Phi) is 4.97. The number of aryl methyl sites for hydroxylation is 3. The highest BCUT2D eigenvalue weighted by Gasteiger charge is 2.27. The van der Waals surface area contributed by atoms with Crippen LogP contribution in [0.15, 0.2) is 18.2 Å². The van der Waals surface area contributed by atoms with E-state index in [2.05, 4.69) is 22.0 Å². The van der Waals surface area contributed by atoms with Crippen molar-refractivity contribution in [2.24, 2.45) is 0 Å². The van der Waals surface area contributed by atoms with E-state index < -0.39 is 0 Å². The lowest BCUT2D eigenvalue weighted by Gasteiger charge is -2.15. The van der Waals surface area contributed by atoms with E-state index in [0.717, 1.165) is 34.9 Å². The van der Waals surface area contributed by atoms with Gasteiger partial charge in [-0.05, 0) is 44.0 Å². The second-order valence-corrected chi connectivity index (χ2v) is 8.36. The predicted octanol–water partition coefficient (Wildman–Crippen LogP) is 3.65. The van der Waals surface area contributed by atoms with Crippen molar-refractivity contribution in [3.8, 4) is 11.4 Å². The van der Waals surface area contributed by atoms with Crippen LogP contribution in [0, 0.1) is 19.7 Å². The summed E-state index contributed by atoms with van der Waals surface area (Å²) in [6.07, 6.45) is 1.63. The Labute approximate surface area is 167 Å². The van der Waals surface area contributed by atoms with Gasteiger partial charge in [0.05, 0.1) is 23.8 Å². The van der Waals surface area contributed by atoms with Crippen LogP contribution < -0.4 is 0 Å². The molecule has 0 saturated carbocycles. The summed E-state index contributed by atoms with van der Waals surface area (Å²) >= 11 is 1.65. The number of hydrogen-bond donors (Lipinski definition) is 0. The lowest BCUT2D eigenvalue weighted by molar-refractivity contribution is -0.132. The molecule has 6 nitrogen and oxygen atoms in total. The number of fused-ring (bicyclic) bond motifs is 1. The summed E-state index contributed by atoms with van der Waals surface area (Å²) in [5.74, 6) is 1.05. The highest BCUT2D eigenvalue weighted by Crippen LogP contribution is 2.28. The third-order valence-electron chi connectivity index (χ3n) is 4.84. The van der Waals surface area contributed by atoms with Gasteiger partial charge in [-0.3, -0.25) is 4.79 Å². The first-order valence-corrected chi connectivity index (χ1v) is 10.2. The summed E-state index contributed by atoms with van der Waals surface area (Å²) in [4.78, 5) is 24.9. The van der Waals surface area contributed by atoms with Crippen molar-refractivity contribution in [2.45, 2.75) is 53.2 Å². The number of thiazole rings is 1. The van der Waals surface area contributed by atoms with Crippen LogP contribution in [0.5, 0.6) is 0 Å². The molecule has 0 aliphatic carbocycles. The number of hydrogen-bond acceptors (Lipinski definition) is 5. The Morgan fingerprint density at radius 1 is 1.25 bits per heavy atom. The lowest BCUT2D eigenvalue weighted by Crippen LogP contribution is -2.30. The Morgan fingerprint density at radius 3 is 2.79 bits per heavy atom. The fraction of sp³-hybridized carbons (Fsp3) is 0.400. The zero-order valence-corrected chi connectivity index (χ0v) is 17.0. The van der Waals surface area contributed by atoms with Crippen LogP contribution in [-0.4, -0.2) is 30.6 Å². The molecule has 0 bridgehead atoms. The number of nitrogens with zero attached hydrogens (tertiary/aromatic N) is 5. The second kappa shape index (κ2) is 7.43. The maximum absolute atomic E-state index is 13.6. The molecule has 1 aliphatic rings. The molecule has 0 radical (unpaired) electrons. The van der Waals surface area contributed by atoms with Gasteiger partial charge >= 0.3 is 0 Å². The van der Waals surface area contributed by atoms with Crippen molar-refractivity contribution in [3.05, 3.63) is 51.0 Å². The van der Waals surface area contributed by atoms with Gasteiger partial charge in [-0.2, -0.15) is 5.10 Å². The maximum Gasteiger partial charge on any atom is 0.245 e. The number of benzene rings is 1. The molecule has 1 aromatic carbocycles. The van der Waals surface area contributed by atoms with Crippen LogP contribution in [-0.2, 0) is 30.8 Å². The van der Waals surface area contributed by atoms with E-state index in [1.165, 1.54) is 10.9 Å². The Hall–Kier alpha value is -2.61. The molecule has 0 fully saturated rings. The van der Waals surface area contributed by atoms with E-state index in [9.17, 15) is 9.18 Å². The molecule has 1 amide bonds. The Morgan fingerprint density at radius 2 is 2.07 bits per heavy atom. The molecule has 8 heteroatoms. The topological polar surface area (TPSA) is 63.9 Å². The number of halogens is 1. The summed E-state index contributed by atoms with van der Waals surface area (Å²) in [5.41, 5.74) is 2.31. The molecule has 28 heavy (non-hydrogen) atoms. The SMILES string of the molecule is CCCc1nc(-c2ccc(F)c(C)c2)nn1CC(=O)N1Cc2nc(C)sc2C1. The average molecular weight is 399 g/mol. The van der Waals surface area contributed by atoms with Gasteiger partial charge in [-0.25, -0.2) is 19.0 Å². The van der Waals surface area contributed by atoms with Crippen LogP contribution in [0.1, 0.15) is 40.3 Å². The fourth-order valence-corrected chi connectivity index (χ4v) is 4.35. The lowest BCUT2D eigenvalue weighted by atomic mass is 10.1. The summed E-state index contributed by atoms with van der Waals surface area (Å²) in [6.45, 7) is 7.09. The minimum atomic E-state index is -0.252. The third-order valence-corrected chi connectivity index (χ3v) is 5.83. The monoisotopic (exact) mass is 399 g/mol. The average Bonchev–Trinajstić information content (AvgIpc) is 3.31. The van der Waals surface area contributed by atoms with Crippen molar-refractivity contribution in [3.63, 3.8) is 0 Å². The van der Waals surface area contributed by atoms with Gasteiger partial charge in [0.15, 0.2) is 5.82 Å². The summed E-state index contributed by atoms with van der Waals surface area (Å²) in [5, 5.41) is 5.59. The van der Waals surface area contributed by atoms with E-state index in [4.69, 9.17) is 0 Å². The molecule has 0 saturated heterocycles. The van der Waals surface area contributed by atoms with E-state index in [0.29, 0.717) is 24.5 Å². The highest BCUT2D eigenvalue weighted by molar-refractivity contribution is 7.11. The fourth-order valence-electron chi connectivity index (χ4n) is 3.39. The molecule has 2 aromatic heterocycles. The molecule has 146 valence electrons. The number of rotatable bonds is 5. The summed E-state index contributed by atoms with van der Waals surface area (Å²) in [7, 11) is 0. The number of amides is 1. The van der Waals surface area contributed by atoms with Gasteiger partial charge in [0, 0.05) is 16.9 Å². The number of carbonyl (C=O) groups is 1. The van der Waals surface area contributed by atoms with Crippen LogP contribution in [0.3, 0.4) is 0 Å². The maximum atomic E-state index is 13.6. The van der Waals surface area contributed by atoms with E-state index in [1.54, 1.807) is 35.1 Å². The van der Waals surface area contributed by atoms with E-state index in [1.807, 2.05) is 11.8 Å². The summed E-state index contributed by atoms with van der Waals surface area (Å²) < 4.78 is 15.3. The smallest absolute Gasteiger partial charge is 0.245 e. The standard InChI is InChI=1S/C20H22FN5OS/c1-4-5-18-23-20(14-6-7-15(21)12(2)8-14)24-26(18)11-19(27)25-9-16-17(10-25)28-13(3)22-16/h6-8H,4-5,9-11H2,1-3H3. The quantitative estimate of drug-likeness (QED) is 0.657. The van der Waals surface area contributed by atoms with Crippen molar-refractivity contribution in [1.29, 1.82) is 0 Å². The van der Waals surface area contributed by atoms with Crippen LogP contribution in [0.25, 0.3) is 11.4 Å². The normalized spacial score (nSPS) is 13.2. The molecule has 0 spiro atoms. The zero-order chi connectivity index (χ0) is 19.8. The van der Waals surface area contributed by atoms with Crippen molar-refractivity contribution in [2.75, 3.05) is 0 Å². The van der Waals surface area contributed by atoms with Gasteiger partial charge in [0.1, 0.15) is 18.2 Å². The molecule has 0 N–H and O–H groups in total. The van der Waals surface area contributed by atoms with Crippen LogP contribution >= 0.6 is 11.3 Å². The Balaban J connectivity index is 1.55. The van der Waals surface area contributed by atoms with Gasteiger partial charge in [0.25, 0.3) is 0 Å². The molecule has 3 aromatic rings. The number of aromatic nitrogens is 4. The molecule has 4 rings (SSSR count). The van der Waals surface area contributed by atoms with Crippen molar-refractivity contribution < 1.29 is 9.18 Å². The highest BCUT2D eigenvalue weighted by atomic mass is 32.1. The summed E-state index contributed by atoms with van der Waals surface area (Å²) in [6, 6.07) is 4.83. The van der Waals surface area contributed by atoms with Gasteiger partial charge in [-0.15, -0.1) is 11.3 Å². The minimum absolute atomic E-state index is 0.00643. The first-order valence-electron chi connectivity index (χ1n) is 9.37. The number of carbonyl (C=O) groups excluding carboxylic acids is 1. The molecular weight excluding hydrogens is 377 g/mol. The van der Waals surface area contributed by atoms with Crippen LogP contribution in [0.2, 0.25) is 0 Å². The van der Waals surface area contributed by atoms with Crippen LogP contribution in [0.4, 0.5) is 4.39 Å². The Bertz CT molecular complexity index is 1020. The zero-order valence-electron chi connectivity index (χ0n) is 16.2. The molecule has 3 heterocycles. The molecule has 0 atom stereocenters. The largest absolute Gasteiger partial charge is 0.330 e. The van der Waals surface area contributed by atoms with Gasteiger partial charge in [0.2, 0.25) is 5.91 Å². The van der Waals surface area contributed by atoms with Gasteiger partial charge < -0.3 is 4.90 Å². The molecule has 1 aliphatic heterocycles. The first-order chi connectivity index (χ1) is 13.4. The molecule has 0 unspecified atom stereocenters. The molecular formula is C20H22FN5OS.